The number of hydrogen-bond acceptors (Lipinski definition) is 12. The monoisotopic (exact) mass is 706 g/mol. The quantitative estimate of drug-likeness (QED) is 0.0486. The van der Waals surface area contributed by atoms with Gasteiger partial charge in [-0.25, -0.2) is 0 Å². The van der Waals surface area contributed by atoms with E-state index in [1.54, 1.807) is 12.1 Å². The van der Waals surface area contributed by atoms with E-state index < -0.39 is 84.6 Å². The number of β-amino-alcohol motifs (C(OH)–C–C–N with tert-alkyl or cyclic N) is 1. The van der Waals surface area contributed by atoms with E-state index in [9.17, 15) is 38.7 Å². The van der Waals surface area contributed by atoms with Crippen LogP contribution < -0.4 is 44.2 Å². The van der Waals surface area contributed by atoms with E-state index in [2.05, 4.69) is 26.3 Å². The van der Waals surface area contributed by atoms with Crippen LogP contribution >= 0.6 is 11.8 Å². The minimum absolute atomic E-state index is 0.00855. The molecule has 1 aromatic carbocycles. The van der Waals surface area contributed by atoms with Gasteiger partial charge in [0.05, 0.1) is 43.4 Å². The van der Waals surface area contributed by atoms with Gasteiger partial charge in [0, 0.05) is 43.2 Å². The Bertz CT molecular complexity index is 1550. The van der Waals surface area contributed by atoms with Crippen LogP contribution in [0.2, 0.25) is 0 Å². The number of carbonyl (C=O) groups excluding carboxylic acids is 7. The van der Waals surface area contributed by atoms with Crippen LogP contribution in [-0.4, -0.2) is 126 Å². The Hall–Kier alpha value is -4.76. The second-order valence-electron chi connectivity index (χ2n) is 11.2. The summed E-state index contributed by atoms with van der Waals surface area (Å²) in [6.45, 7) is -1.09. The summed E-state index contributed by atoms with van der Waals surface area (Å²) in [6.07, 6.45) is -1.72. The molecule has 49 heavy (non-hydrogen) atoms. The Morgan fingerprint density at radius 1 is 1.02 bits per heavy atom. The molecule has 19 nitrogen and oxygen atoms in total. The van der Waals surface area contributed by atoms with E-state index in [1.165, 1.54) is 7.11 Å². The van der Waals surface area contributed by atoms with Gasteiger partial charge < -0.3 is 58.6 Å². The topological polar surface area (TPSA) is 320 Å². The van der Waals surface area contributed by atoms with Gasteiger partial charge in [-0.3, -0.25) is 38.9 Å². The summed E-state index contributed by atoms with van der Waals surface area (Å²) in [5.41, 5.74) is 22.8. The van der Waals surface area contributed by atoms with Crippen LogP contribution in [-0.2, 0) is 44.7 Å². The number of thioether (sulfide) groups is 1. The molecule has 3 rings (SSSR count). The molecular weight excluding hydrogens is 664 g/mol. The van der Waals surface area contributed by atoms with Crippen molar-refractivity contribution in [1.29, 1.82) is 0 Å². The molecule has 0 radical (unpaired) electrons. The Kier molecular flexibility index (Phi) is 14.3. The highest BCUT2D eigenvalue weighted by Crippen LogP contribution is 2.31. The lowest BCUT2D eigenvalue weighted by molar-refractivity contribution is -0.142. The lowest BCUT2D eigenvalue weighted by Gasteiger charge is -2.28. The second-order valence-corrected chi connectivity index (χ2v) is 12.3. The van der Waals surface area contributed by atoms with Crippen molar-refractivity contribution in [3.05, 3.63) is 29.8 Å². The number of nitrogens with zero attached hydrogens (tertiary/aromatic N) is 1. The number of H-pyrrole nitrogens is 1. The number of rotatable bonds is 19. The number of hydrogen-bond donors (Lipinski definition) is 10. The zero-order valence-corrected chi connectivity index (χ0v) is 27.5. The molecule has 268 valence electrons. The first-order valence-electron chi connectivity index (χ1n) is 15.1. The number of aliphatic hydroxyl groups excluding tert-OH is 1. The van der Waals surface area contributed by atoms with Crippen molar-refractivity contribution in [3.8, 4) is 0 Å². The predicted molar refractivity (Wildman–Crippen MR) is 176 cm³/mol. The Morgan fingerprint density at radius 3 is 2.37 bits per heavy atom. The number of methoxy groups -OCH3 is 1. The number of primary amides is 3. The average molecular weight is 707 g/mol. The number of aliphatic hydroxyl groups is 1. The summed E-state index contributed by atoms with van der Waals surface area (Å²) < 4.78 is 5.08. The molecule has 2 aromatic rings. The van der Waals surface area contributed by atoms with Gasteiger partial charge >= 0.3 is 0 Å². The number of para-hydroxylation sites is 1. The van der Waals surface area contributed by atoms with Crippen LogP contribution in [0.25, 0.3) is 10.9 Å². The summed E-state index contributed by atoms with van der Waals surface area (Å²) in [5, 5.41) is 21.7. The van der Waals surface area contributed by atoms with Gasteiger partial charge in [0.1, 0.15) is 18.1 Å². The van der Waals surface area contributed by atoms with Gasteiger partial charge in [-0.15, -0.1) is 11.8 Å². The number of amides is 7. The van der Waals surface area contributed by atoms with Crippen molar-refractivity contribution in [2.45, 2.75) is 54.6 Å². The molecule has 5 atom stereocenters. The van der Waals surface area contributed by atoms with E-state index in [0.717, 1.165) is 22.0 Å². The van der Waals surface area contributed by atoms with Gasteiger partial charge in [0.25, 0.3) is 0 Å². The third-order valence-electron chi connectivity index (χ3n) is 7.55. The molecular formula is C29H42N10O9S. The second kappa shape index (κ2) is 18.1. The highest BCUT2D eigenvalue weighted by Gasteiger charge is 2.41. The molecule has 1 saturated heterocycles. The van der Waals surface area contributed by atoms with E-state index in [-0.39, 0.29) is 38.4 Å². The molecule has 0 spiro atoms. The van der Waals surface area contributed by atoms with Crippen LogP contribution in [0.15, 0.2) is 29.3 Å². The van der Waals surface area contributed by atoms with Gasteiger partial charge in [0.2, 0.25) is 41.4 Å². The van der Waals surface area contributed by atoms with Crippen LogP contribution in [0.3, 0.4) is 0 Å². The SMILES string of the molecule is COCNC(Cc1c(SCC(NC(=O)CN)C(=O)N[C@@H](CC(N)=O)C(=O)N2CC(O)C[C@H]2C(N)=O)[nH]c2ccccc12)C(=O)NCC(N)=O. The van der Waals surface area contributed by atoms with Crippen LogP contribution in [0.4, 0.5) is 0 Å². The van der Waals surface area contributed by atoms with Crippen molar-refractivity contribution in [2.24, 2.45) is 22.9 Å². The summed E-state index contributed by atoms with van der Waals surface area (Å²) in [7, 11) is 1.44. The van der Waals surface area contributed by atoms with Crippen LogP contribution in [0.5, 0.6) is 0 Å². The minimum atomic E-state index is -1.55. The van der Waals surface area contributed by atoms with Gasteiger partial charge in [-0.1, -0.05) is 18.2 Å². The molecule has 20 heteroatoms. The van der Waals surface area contributed by atoms with E-state index in [0.29, 0.717) is 16.1 Å². The molecule has 1 aliphatic heterocycles. The highest BCUT2D eigenvalue weighted by atomic mass is 32.2. The van der Waals surface area contributed by atoms with E-state index in [4.69, 9.17) is 27.7 Å². The highest BCUT2D eigenvalue weighted by molar-refractivity contribution is 7.99. The fraction of sp³-hybridized carbons (Fsp3) is 0.483. The van der Waals surface area contributed by atoms with Crippen molar-refractivity contribution < 1.29 is 43.4 Å². The van der Waals surface area contributed by atoms with Crippen LogP contribution in [0, 0.1) is 0 Å². The van der Waals surface area contributed by atoms with Crippen molar-refractivity contribution in [1.82, 2.24) is 31.2 Å². The zero-order chi connectivity index (χ0) is 36.2. The third kappa shape index (κ3) is 10.9. The number of aromatic nitrogens is 1. The third-order valence-corrected chi connectivity index (χ3v) is 8.69. The molecule has 1 aromatic heterocycles. The molecule has 0 saturated carbocycles. The number of nitrogens with two attached hydrogens (primary N) is 4. The standard InChI is InChI=1S/C29H42N10O9S/c1-48-13-35-18(26(45)34-10-23(32)42)7-16-15-4-2-3-5-17(15)38-28(16)49-12-20(36-24(43)9-30)27(46)37-19(8-22(31)41)29(47)39-11-14(40)6-21(39)25(33)44/h2-5,14,18-21,35,38,40H,6-13,30H2,1H3,(H2,31,41)(H2,32,42)(H2,33,44)(H,34,45)(H,36,43)(H,37,46)/t14?,18?,19-,20?,21-/m0/s1. The Labute approximate surface area is 284 Å². The smallest absolute Gasteiger partial charge is 0.246 e. The molecule has 7 amide bonds. The predicted octanol–water partition coefficient (Wildman–Crippen LogP) is -4.78. The maximum atomic E-state index is 13.6. The molecule has 2 heterocycles. The van der Waals surface area contributed by atoms with Gasteiger partial charge in [-0.2, -0.15) is 0 Å². The molecule has 1 aliphatic rings. The van der Waals surface area contributed by atoms with E-state index in [1.807, 2.05) is 12.1 Å². The fourth-order valence-electron chi connectivity index (χ4n) is 5.25. The van der Waals surface area contributed by atoms with Crippen molar-refractivity contribution >= 4 is 64.0 Å². The normalized spacial score (nSPS) is 17.6. The summed E-state index contributed by atoms with van der Waals surface area (Å²) in [5.74, 6) is -5.61. The largest absolute Gasteiger partial charge is 0.391 e. The fourth-order valence-corrected chi connectivity index (χ4v) is 6.37. The minimum Gasteiger partial charge on any atom is -0.391 e. The maximum Gasteiger partial charge on any atom is 0.246 e. The average Bonchev–Trinajstić information content (AvgIpc) is 3.62. The first-order valence-corrected chi connectivity index (χ1v) is 16.1. The lowest BCUT2D eigenvalue weighted by atomic mass is 10.0. The first-order chi connectivity index (χ1) is 23.2. The summed E-state index contributed by atoms with van der Waals surface area (Å²) >= 11 is 1.12. The van der Waals surface area contributed by atoms with Gasteiger partial charge in [0.15, 0.2) is 0 Å². The number of aromatic amines is 1. The molecule has 0 bridgehead atoms. The van der Waals surface area contributed by atoms with Gasteiger partial charge in [-0.05, 0) is 11.6 Å². The number of ether oxygens (including phenoxy) is 1. The van der Waals surface area contributed by atoms with Crippen molar-refractivity contribution in [2.75, 3.05) is 39.2 Å². The number of nitrogens with one attached hydrogen (secondary N) is 5. The Morgan fingerprint density at radius 2 is 1.73 bits per heavy atom. The first kappa shape index (κ1) is 38.7. The molecule has 3 unspecified atom stereocenters. The number of carbonyl (C=O) groups is 7. The maximum absolute atomic E-state index is 13.6. The van der Waals surface area contributed by atoms with Crippen molar-refractivity contribution in [3.63, 3.8) is 0 Å². The lowest BCUT2D eigenvalue weighted by Crippen LogP contribution is -2.58. The zero-order valence-electron chi connectivity index (χ0n) is 26.7. The summed E-state index contributed by atoms with van der Waals surface area (Å²) in [4.78, 5) is 91.7. The van der Waals surface area contributed by atoms with Crippen LogP contribution in [0.1, 0.15) is 18.4 Å². The molecule has 14 N–H and O–H groups in total. The number of benzene rings is 1. The number of likely N-dealkylation sites (tertiary alicyclic amines) is 1. The van der Waals surface area contributed by atoms with E-state index >= 15 is 0 Å². The molecule has 1 fully saturated rings. The summed E-state index contributed by atoms with van der Waals surface area (Å²) in [6, 6.07) is 2.34. The molecule has 0 aliphatic carbocycles. The number of fused-ring (bicyclic) bond motifs is 1. The Balaban J connectivity index is 1.89.